The first-order chi connectivity index (χ1) is 12.0. The van der Waals surface area contributed by atoms with Gasteiger partial charge in [0.25, 0.3) is 0 Å². The monoisotopic (exact) mass is 349 g/mol. The Bertz CT molecular complexity index is 685. The van der Waals surface area contributed by atoms with E-state index in [1.165, 1.54) is 12.1 Å². The second kappa shape index (κ2) is 9.29. The highest BCUT2D eigenvalue weighted by molar-refractivity contribution is 5.76. The van der Waals surface area contributed by atoms with E-state index in [1.54, 1.807) is 30.1 Å². The second-order valence-corrected chi connectivity index (χ2v) is 5.72. The van der Waals surface area contributed by atoms with E-state index in [-0.39, 0.29) is 17.8 Å². The highest BCUT2D eigenvalue weighted by Gasteiger charge is 2.16. The van der Waals surface area contributed by atoms with Crippen LogP contribution < -0.4 is 5.32 Å². The van der Waals surface area contributed by atoms with Crippen molar-refractivity contribution in [3.05, 3.63) is 47.5 Å². The summed E-state index contributed by atoms with van der Waals surface area (Å²) in [5, 5.41) is 7.28. The van der Waals surface area contributed by atoms with Gasteiger partial charge in [0.1, 0.15) is 5.82 Å². The number of halogens is 1. The van der Waals surface area contributed by atoms with Crippen LogP contribution in [0.15, 0.2) is 30.5 Å². The van der Waals surface area contributed by atoms with Gasteiger partial charge in [-0.3, -0.25) is 4.79 Å². The predicted octanol–water partition coefficient (Wildman–Crippen LogP) is 2.55. The summed E-state index contributed by atoms with van der Waals surface area (Å²) in [7, 11) is 1.60. The SMILES string of the molecule is COCCOCCC(=O)N[C@H](C)c1cnn(-c2ccc(F)cc2)c1C. The molecular weight excluding hydrogens is 325 g/mol. The maximum absolute atomic E-state index is 13.1. The number of aromatic nitrogens is 2. The Morgan fingerprint density at radius 1 is 1.28 bits per heavy atom. The van der Waals surface area contributed by atoms with Crippen LogP contribution in [0.25, 0.3) is 5.69 Å². The van der Waals surface area contributed by atoms with Crippen molar-refractivity contribution in [3.63, 3.8) is 0 Å². The molecule has 2 aromatic rings. The molecule has 25 heavy (non-hydrogen) atoms. The summed E-state index contributed by atoms with van der Waals surface area (Å²) < 4.78 is 25.0. The molecule has 0 saturated heterocycles. The number of nitrogens with zero attached hydrogens (tertiary/aromatic N) is 2. The van der Waals surface area contributed by atoms with Crippen molar-refractivity contribution in [2.45, 2.75) is 26.3 Å². The van der Waals surface area contributed by atoms with E-state index >= 15 is 0 Å². The average molecular weight is 349 g/mol. The van der Waals surface area contributed by atoms with E-state index in [1.807, 2.05) is 13.8 Å². The third-order valence-corrected chi connectivity index (χ3v) is 3.87. The molecule has 0 saturated carbocycles. The minimum Gasteiger partial charge on any atom is -0.382 e. The van der Waals surface area contributed by atoms with Gasteiger partial charge in [0.05, 0.1) is 37.7 Å². The quantitative estimate of drug-likeness (QED) is 0.707. The number of hydrogen-bond donors (Lipinski definition) is 1. The number of hydrogen-bond acceptors (Lipinski definition) is 4. The van der Waals surface area contributed by atoms with Crippen LogP contribution in [0.4, 0.5) is 4.39 Å². The largest absolute Gasteiger partial charge is 0.382 e. The van der Waals surface area contributed by atoms with Crippen LogP contribution in [0, 0.1) is 12.7 Å². The maximum atomic E-state index is 13.1. The van der Waals surface area contributed by atoms with Crippen LogP contribution in [0.3, 0.4) is 0 Å². The van der Waals surface area contributed by atoms with Crippen LogP contribution in [0.1, 0.15) is 30.6 Å². The fourth-order valence-corrected chi connectivity index (χ4v) is 2.49. The Labute approximate surface area is 146 Å². The zero-order valence-corrected chi connectivity index (χ0v) is 14.8. The van der Waals surface area contributed by atoms with E-state index in [0.717, 1.165) is 16.9 Å². The Morgan fingerprint density at radius 3 is 2.68 bits per heavy atom. The lowest BCUT2D eigenvalue weighted by atomic mass is 10.1. The summed E-state index contributed by atoms with van der Waals surface area (Å²) in [6.45, 7) is 5.17. The van der Waals surface area contributed by atoms with Gasteiger partial charge in [0, 0.05) is 24.8 Å². The summed E-state index contributed by atoms with van der Waals surface area (Å²) in [5.74, 6) is -0.374. The van der Waals surface area contributed by atoms with E-state index in [9.17, 15) is 9.18 Å². The fraction of sp³-hybridized carbons (Fsp3) is 0.444. The van der Waals surface area contributed by atoms with Gasteiger partial charge in [-0.15, -0.1) is 0 Å². The number of amides is 1. The van der Waals surface area contributed by atoms with E-state index in [4.69, 9.17) is 9.47 Å². The molecule has 1 aromatic carbocycles. The molecule has 1 heterocycles. The molecule has 1 atom stereocenters. The summed E-state index contributed by atoms with van der Waals surface area (Å²) in [6.07, 6.45) is 2.01. The number of carbonyl (C=O) groups is 1. The number of carbonyl (C=O) groups excluding carboxylic acids is 1. The summed E-state index contributed by atoms with van der Waals surface area (Å²) >= 11 is 0. The first kappa shape index (κ1) is 19.1. The lowest BCUT2D eigenvalue weighted by Gasteiger charge is -2.14. The van der Waals surface area contributed by atoms with Crippen molar-refractivity contribution < 1.29 is 18.7 Å². The molecule has 0 unspecified atom stereocenters. The molecule has 2 rings (SSSR count). The summed E-state index contributed by atoms with van der Waals surface area (Å²) in [4.78, 5) is 12.0. The number of benzene rings is 1. The van der Waals surface area contributed by atoms with Crippen LogP contribution in [0.5, 0.6) is 0 Å². The van der Waals surface area contributed by atoms with Gasteiger partial charge in [-0.1, -0.05) is 0 Å². The van der Waals surface area contributed by atoms with Gasteiger partial charge in [0.15, 0.2) is 0 Å². The third kappa shape index (κ3) is 5.37. The summed E-state index contributed by atoms with van der Waals surface area (Å²) in [6, 6.07) is 5.94. The van der Waals surface area contributed by atoms with Crippen molar-refractivity contribution in [1.82, 2.24) is 15.1 Å². The molecule has 0 aliphatic heterocycles. The number of methoxy groups -OCH3 is 1. The number of nitrogens with one attached hydrogen (secondary N) is 1. The molecule has 6 nitrogen and oxygen atoms in total. The van der Waals surface area contributed by atoms with Gasteiger partial charge in [-0.25, -0.2) is 9.07 Å². The van der Waals surface area contributed by atoms with Gasteiger partial charge in [-0.05, 0) is 38.1 Å². The van der Waals surface area contributed by atoms with Crippen molar-refractivity contribution >= 4 is 5.91 Å². The molecule has 0 aliphatic rings. The highest BCUT2D eigenvalue weighted by atomic mass is 19.1. The average Bonchev–Trinajstić information content (AvgIpc) is 2.97. The number of rotatable bonds is 9. The third-order valence-electron chi connectivity index (χ3n) is 3.87. The zero-order valence-electron chi connectivity index (χ0n) is 14.8. The van der Waals surface area contributed by atoms with Gasteiger partial charge < -0.3 is 14.8 Å². The lowest BCUT2D eigenvalue weighted by Crippen LogP contribution is -2.28. The predicted molar refractivity (Wildman–Crippen MR) is 92.1 cm³/mol. The molecule has 0 spiro atoms. The Hall–Kier alpha value is -2.25. The van der Waals surface area contributed by atoms with Crippen LogP contribution in [0.2, 0.25) is 0 Å². The van der Waals surface area contributed by atoms with Crippen molar-refractivity contribution in [2.24, 2.45) is 0 Å². The van der Waals surface area contributed by atoms with E-state index in [2.05, 4.69) is 10.4 Å². The first-order valence-electron chi connectivity index (χ1n) is 8.19. The van der Waals surface area contributed by atoms with Crippen LogP contribution >= 0.6 is 0 Å². The van der Waals surface area contributed by atoms with Crippen molar-refractivity contribution in [1.29, 1.82) is 0 Å². The molecule has 0 aliphatic carbocycles. The van der Waals surface area contributed by atoms with Gasteiger partial charge >= 0.3 is 0 Å². The fourth-order valence-electron chi connectivity index (χ4n) is 2.49. The second-order valence-electron chi connectivity index (χ2n) is 5.72. The van der Waals surface area contributed by atoms with Crippen molar-refractivity contribution in [2.75, 3.05) is 26.9 Å². The van der Waals surface area contributed by atoms with Crippen molar-refractivity contribution in [3.8, 4) is 5.69 Å². The molecular formula is C18H24FN3O3. The molecule has 7 heteroatoms. The minimum absolute atomic E-state index is 0.0844. The maximum Gasteiger partial charge on any atom is 0.222 e. The molecule has 1 aromatic heterocycles. The zero-order chi connectivity index (χ0) is 18.2. The van der Waals surface area contributed by atoms with Crippen LogP contribution in [-0.2, 0) is 14.3 Å². The molecule has 1 amide bonds. The highest BCUT2D eigenvalue weighted by Crippen LogP contribution is 2.20. The van der Waals surface area contributed by atoms with Gasteiger partial charge in [-0.2, -0.15) is 5.10 Å². The molecule has 0 radical (unpaired) electrons. The lowest BCUT2D eigenvalue weighted by molar-refractivity contribution is -0.122. The van der Waals surface area contributed by atoms with E-state index in [0.29, 0.717) is 26.2 Å². The smallest absolute Gasteiger partial charge is 0.222 e. The molecule has 0 fully saturated rings. The topological polar surface area (TPSA) is 65.4 Å². The molecule has 0 bridgehead atoms. The standard InChI is InChI=1S/C18H24FN3O3/c1-13(21-18(23)8-9-25-11-10-24-3)17-12-20-22(14(17)2)16-6-4-15(19)5-7-16/h4-7,12-13H,8-11H2,1-3H3,(H,21,23)/t13-/m1/s1. The summed E-state index contributed by atoms with van der Waals surface area (Å²) in [5.41, 5.74) is 2.59. The normalized spacial score (nSPS) is 12.2. The van der Waals surface area contributed by atoms with Gasteiger partial charge in [0.2, 0.25) is 5.91 Å². The number of ether oxygens (including phenoxy) is 2. The molecule has 1 N–H and O–H groups in total. The Balaban J connectivity index is 1.92. The van der Waals surface area contributed by atoms with Crippen LogP contribution in [-0.4, -0.2) is 42.6 Å². The Morgan fingerprint density at radius 2 is 2.00 bits per heavy atom. The molecule has 136 valence electrons. The first-order valence-corrected chi connectivity index (χ1v) is 8.19. The Kier molecular flexibility index (Phi) is 7.09. The minimum atomic E-state index is -0.290. The van der Waals surface area contributed by atoms with E-state index < -0.39 is 0 Å².